The molecule has 0 radical (unpaired) electrons. The molecule has 4 aromatic rings. The molecule has 4 nitrogen and oxygen atoms in total. The Morgan fingerprint density at radius 1 is 0.967 bits per heavy atom. The number of rotatable bonds is 6. The van der Waals surface area contributed by atoms with Gasteiger partial charge in [0.25, 0.3) is 0 Å². The lowest BCUT2D eigenvalue weighted by molar-refractivity contribution is -0.131. The lowest BCUT2D eigenvalue weighted by Gasteiger charge is -2.17. The van der Waals surface area contributed by atoms with Crippen molar-refractivity contribution in [2.75, 3.05) is 0 Å². The third-order valence-electron chi connectivity index (χ3n) is 5.08. The van der Waals surface area contributed by atoms with Gasteiger partial charge in [0.15, 0.2) is 0 Å². The fourth-order valence-electron chi connectivity index (χ4n) is 3.67. The summed E-state index contributed by atoms with van der Waals surface area (Å²) in [6.45, 7) is 2.17. The summed E-state index contributed by atoms with van der Waals surface area (Å²) in [5.74, 6) is -0.954. The number of benzene rings is 2. The van der Waals surface area contributed by atoms with Gasteiger partial charge in [0.2, 0.25) is 0 Å². The lowest BCUT2D eigenvalue weighted by atomic mass is 9.88. The largest absolute Gasteiger partial charge is 0.478 e. The molecule has 0 amide bonds. The Bertz CT molecular complexity index is 1230. The first-order valence-electron chi connectivity index (χ1n) is 9.89. The van der Waals surface area contributed by atoms with Crippen LogP contribution in [0.25, 0.3) is 22.9 Å². The van der Waals surface area contributed by atoms with Gasteiger partial charge in [-0.3, -0.25) is 0 Å². The van der Waals surface area contributed by atoms with E-state index in [0.29, 0.717) is 0 Å². The molecule has 0 aliphatic carbocycles. The maximum atomic E-state index is 10.8. The summed E-state index contributed by atoms with van der Waals surface area (Å²) in [5.41, 5.74) is 7.52. The van der Waals surface area contributed by atoms with Gasteiger partial charge in [0.1, 0.15) is 5.65 Å². The second-order valence-electron chi connectivity index (χ2n) is 6.97. The van der Waals surface area contributed by atoms with E-state index in [4.69, 9.17) is 5.11 Å². The topological polar surface area (TPSA) is 54.6 Å². The van der Waals surface area contributed by atoms with Crippen molar-refractivity contribution in [3.05, 3.63) is 114 Å². The van der Waals surface area contributed by atoms with E-state index in [9.17, 15) is 4.79 Å². The van der Waals surface area contributed by atoms with Crippen LogP contribution in [-0.4, -0.2) is 20.5 Å². The minimum atomic E-state index is -0.954. The fourth-order valence-corrected chi connectivity index (χ4v) is 3.67. The number of aliphatic carboxylic acids is 1. The minimum Gasteiger partial charge on any atom is -0.478 e. The molecule has 148 valence electrons. The van der Waals surface area contributed by atoms with E-state index in [1.165, 1.54) is 11.1 Å². The molecule has 0 aliphatic rings. The monoisotopic (exact) mass is 394 g/mol. The summed E-state index contributed by atoms with van der Waals surface area (Å²) in [4.78, 5) is 15.2. The Kier molecular flexibility index (Phi) is 5.57. The van der Waals surface area contributed by atoms with Crippen LogP contribution in [-0.2, 0) is 4.79 Å². The zero-order valence-corrected chi connectivity index (χ0v) is 16.7. The lowest BCUT2D eigenvalue weighted by Crippen LogP contribution is -1.96. The number of carbonyl (C=O) groups is 1. The van der Waals surface area contributed by atoms with Gasteiger partial charge >= 0.3 is 5.97 Å². The van der Waals surface area contributed by atoms with Crippen LogP contribution in [0.4, 0.5) is 0 Å². The zero-order chi connectivity index (χ0) is 20.9. The van der Waals surface area contributed by atoms with Crippen molar-refractivity contribution in [2.24, 2.45) is 0 Å². The highest BCUT2D eigenvalue weighted by Gasteiger charge is 2.14. The van der Waals surface area contributed by atoms with Crippen molar-refractivity contribution in [1.82, 2.24) is 9.38 Å². The molecule has 2 heterocycles. The molecule has 0 bridgehead atoms. The van der Waals surface area contributed by atoms with Gasteiger partial charge in [-0.15, -0.1) is 0 Å². The molecular weight excluding hydrogens is 372 g/mol. The summed E-state index contributed by atoms with van der Waals surface area (Å²) in [7, 11) is 0. The van der Waals surface area contributed by atoms with Crippen molar-refractivity contribution in [3.8, 4) is 0 Å². The highest BCUT2D eigenvalue weighted by molar-refractivity contribution is 5.99. The predicted molar refractivity (Wildman–Crippen MR) is 121 cm³/mol. The Morgan fingerprint density at radius 2 is 1.73 bits per heavy atom. The number of carboxylic acids is 1. The van der Waals surface area contributed by atoms with E-state index in [1.807, 2.05) is 47.1 Å². The second kappa shape index (κ2) is 8.62. The van der Waals surface area contributed by atoms with Crippen molar-refractivity contribution in [2.45, 2.75) is 13.3 Å². The standard InChI is InChI=1S/C26H22N2O2/c1-2-23(20-6-4-3-5-7-20)26(22-14-16-28-17-15-27-24(28)18-22)21-11-8-19(9-12-21)10-13-25(29)30/h3-18H,2H2,1H3,(H,29,30)/b13-10+,26-23+. The van der Waals surface area contributed by atoms with Crippen LogP contribution in [0, 0.1) is 0 Å². The van der Waals surface area contributed by atoms with Crippen LogP contribution in [0.15, 0.2) is 91.4 Å². The molecule has 1 N–H and O–H groups in total. The van der Waals surface area contributed by atoms with Gasteiger partial charge in [-0.1, -0.05) is 61.5 Å². The molecule has 0 fully saturated rings. The Hall–Kier alpha value is -3.92. The number of aromatic nitrogens is 2. The first-order valence-corrected chi connectivity index (χ1v) is 9.89. The highest BCUT2D eigenvalue weighted by Crippen LogP contribution is 2.34. The summed E-state index contributed by atoms with van der Waals surface area (Å²) in [5, 5.41) is 8.86. The number of imidazole rings is 1. The number of hydrogen-bond donors (Lipinski definition) is 1. The van der Waals surface area contributed by atoms with Crippen LogP contribution >= 0.6 is 0 Å². The fraction of sp³-hybridized carbons (Fsp3) is 0.0769. The molecule has 2 aromatic carbocycles. The third-order valence-corrected chi connectivity index (χ3v) is 5.08. The van der Waals surface area contributed by atoms with Gasteiger partial charge in [0.05, 0.1) is 0 Å². The second-order valence-corrected chi connectivity index (χ2v) is 6.97. The van der Waals surface area contributed by atoms with E-state index in [0.717, 1.165) is 40.4 Å². The van der Waals surface area contributed by atoms with Gasteiger partial charge in [-0.2, -0.15) is 0 Å². The number of carboxylic acid groups (broad SMARTS) is 1. The highest BCUT2D eigenvalue weighted by atomic mass is 16.4. The number of pyridine rings is 1. The van der Waals surface area contributed by atoms with Crippen LogP contribution in [0.3, 0.4) is 0 Å². The van der Waals surface area contributed by atoms with Crippen LogP contribution in [0.1, 0.15) is 35.6 Å². The molecule has 2 aromatic heterocycles. The summed E-state index contributed by atoms with van der Waals surface area (Å²) in [6.07, 6.45) is 9.39. The summed E-state index contributed by atoms with van der Waals surface area (Å²) < 4.78 is 2.00. The molecule has 0 aliphatic heterocycles. The normalized spacial score (nSPS) is 12.3. The Balaban J connectivity index is 1.89. The predicted octanol–water partition coefficient (Wildman–Crippen LogP) is 5.80. The molecule has 4 heteroatoms. The zero-order valence-electron chi connectivity index (χ0n) is 16.7. The maximum absolute atomic E-state index is 10.8. The summed E-state index contributed by atoms with van der Waals surface area (Å²) in [6, 6.07) is 22.6. The van der Waals surface area contributed by atoms with E-state index < -0.39 is 5.97 Å². The Labute approximate surface area is 175 Å². The van der Waals surface area contributed by atoms with Crippen LogP contribution in [0.5, 0.6) is 0 Å². The third kappa shape index (κ3) is 4.08. The number of hydrogen-bond acceptors (Lipinski definition) is 2. The van der Waals surface area contributed by atoms with E-state index >= 15 is 0 Å². The molecule has 0 unspecified atom stereocenters. The van der Waals surface area contributed by atoms with Gasteiger partial charge in [0, 0.05) is 24.7 Å². The average molecular weight is 394 g/mol. The number of fused-ring (bicyclic) bond motifs is 1. The average Bonchev–Trinajstić information content (AvgIpc) is 3.25. The first-order chi connectivity index (χ1) is 14.7. The van der Waals surface area contributed by atoms with Gasteiger partial charge in [-0.25, -0.2) is 9.78 Å². The molecule has 4 rings (SSSR count). The van der Waals surface area contributed by atoms with E-state index in [-0.39, 0.29) is 0 Å². The van der Waals surface area contributed by atoms with Crippen molar-refractivity contribution in [1.29, 1.82) is 0 Å². The molecule has 30 heavy (non-hydrogen) atoms. The smallest absolute Gasteiger partial charge is 0.328 e. The molecule has 0 saturated carbocycles. The van der Waals surface area contributed by atoms with Crippen LogP contribution < -0.4 is 0 Å². The SMILES string of the molecule is CC/C(=C(/c1ccc(/C=C/C(=O)O)cc1)c1ccn2ccnc2c1)c1ccccc1. The molecule has 0 atom stereocenters. The van der Waals surface area contributed by atoms with Crippen molar-refractivity contribution in [3.63, 3.8) is 0 Å². The molecule has 0 saturated heterocycles. The molecule has 0 spiro atoms. The van der Waals surface area contributed by atoms with Gasteiger partial charge in [-0.05, 0) is 58.0 Å². The first kappa shape index (κ1) is 19.4. The van der Waals surface area contributed by atoms with E-state index in [1.54, 1.807) is 12.3 Å². The van der Waals surface area contributed by atoms with E-state index in [2.05, 4.69) is 48.3 Å². The van der Waals surface area contributed by atoms with Crippen molar-refractivity contribution >= 4 is 28.8 Å². The van der Waals surface area contributed by atoms with Crippen molar-refractivity contribution < 1.29 is 9.90 Å². The maximum Gasteiger partial charge on any atom is 0.328 e. The van der Waals surface area contributed by atoms with Crippen LogP contribution in [0.2, 0.25) is 0 Å². The summed E-state index contributed by atoms with van der Waals surface area (Å²) >= 11 is 0. The number of allylic oxidation sites excluding steroid dienone is 1. The quantitative estimate of drug-likeness (QED) is 0.332. The number of nitrogens with zero attached hydrogens (tertiary/aromatic N) is 2. The minimum absolute atomic E-state index is 0.849. The Morgan fingerprint density at radius 3 is 2.43 bits per heavy atom. The molecular formula is C26H22N2O2. The van der Waals surface area contributed by atoms with Gasteiger partial charge < -0.3 is 9.51 Å².